The molecule has 1 aromatic carbocycles. The summed E-state index contributed by atoms with van der Waals surface area (Å²) in [5.41, 5.74) is -5.75. The maximum Gasteiger partial charge on any atom is 0.338 e. The van der Waals surface area contributed by atoms with Crippen LogP contribution in [0.2, 0.25) is 0 Å². The smallest absolute Gasteiger partial charge is 0.338 e. The van der Waals surface area contributed by atoms with Crippen molar-refractivity contribution in [2.75, 3.05) is 6.61 Å². The molecule has 3 saturated carbocycles. The molecule has 0 saturated heterocycles. The summed E-state index contributed by atoms with van der Waals surface area (Å²) in [5.74, 6) is -5.25. The summed E-state index contributed by atoms with van der Waals surface area (Å²) in [7, 11) is 0. The van der Waals surface area contributed by atoms with Crippen LogP contribution in [0, 0.1) is 29.6 Å². The first-order chi connectivity index (χ1) is 17.2. The number of fused-ring (bicyclic) bond motifs is 3. The number of hydrogen-bond acceptors (Lipinski definition) is 9. The van der Waals surface area contributed by atoms with E-state index in [1.54, 1.807) is 39.0 Å². The number of rotatable bonds is 5. The van der Waals surface area contributed by atoms with Crippen LogP contribution in [-0.2, 0) is 4.74 Å². The topological polar surface area (TPSA) is 168 Å². The Bertz CT molecular complexity index is 1020. The van der Waals surface area contributed by atoms with Gasteiger partial charge in [-0.2, -0.15) is 0 Å². The van der Waals surface area contributed by atoms with E-state index in [-0.39, 0.29) is 29.9 Å². The standard InChI is InChI=1S/C28H40O9/c1-14(2)27(35)13-16(4)28(36)18-12-15(3)21(30)19(18)22(31)26(34,10-11-29)24(20(28)23(27)32)37-25(33)17-8-6-5-7-9-17/h5-9,15-16,18-24,29-32,34-36H,1,10-13H2,2-4H3/t15?,16?,18-,19?,20+,21?,22?,23-,24+,26-,27-,28?/m1/s1. The molecule has 0 aromatic heterocycles. The number of esters is 1. The van der Waals surface area contributed by atoms with Gasteiger partial charge in [-0.15, -0.1) is 0 Å². The fourth-order valence-electron chi connectivity index (χ4n) is 7.51. The highest BCUT2D eigenvalue weighted by atomic mass is 16.6. The molecule has 6 unspecified atom stereocenters. The van der Waals surface area contributed by atoms with Crippen LogP contribution in [0.25, 0.3) is 0 Å². The van der Waals surface area contributed by atoms with Crippen LogP contribution >= 0.6 is 0 Å². The number of carbonyl (C=O) groups is 1. The molecular weight excluding hydrogens is 480 g/mol. The monoisotopic (exact) mass is 520 g/mol. The van der Waals surface area contributed by atoms with Crippen molar-refractivity contribution in [1.29, 1.82) is 0 Å². The number of aliphatic hydroxyl groups excluding tert-OH is 4. The van der Waals surface area contributed by atoms with Crippen LogP contribution in [0.5, 0.6) is 0 Å². The first kappa shape index (κ1) is 28.2. The Balaban J connectivity index is 1.96. The third-order valence-corrected chi connectivity index (χ3v) is 9.62. The summed E-state index contributed by atoms with van der Waals surface area (Å²) in [6.45, 7) is 8.24. The number of ether oxygens (including phenoxy) is 1. The van der Waals surface area contributed by atoms with Gasteiger partial charge in [0, 0.05) is 18.9 Å². The molecule has 0 radical (unpaired) electrons. The Morgan fingerprint density at radius 2 is 1.70 bits per heavy atom. The minimum Gasteiger partial charge on any atom is -0.455 e. The van der Waals surface area contributed by atoms with Crippen molar-refractivity contribution in [3.05, 3.63) is 48.0 Å². The molecule has 12 atom stereocenters. The molecule has 206 valence electrons. The van der Waals surface area contributed by atoms with E-state index in [4.69, 9.17) is 4.74 Å². The van der Waals surface area contributed by atoms with Crippen LogP contribution in [0.15, 0.2) is 42.5 Å². The molecule has 0 heterocycles. The minimum absolute atomic E-state index is 0.0714. The molecule has 7 N–H and O–H groups in total. The molecule has 0 aliphatic heterocycles. The Morgan fingerprint density at radius 1 is 1.08 bits per heavy atom. The lowest BCUT2D eigenvalue weighted by Gasteiger charge is -2.58. The first-order valence-electron chi connectivity index (χ1n) is 13.0. The molecule has 0 spiro atoms. The first-order valence-corrected chi connectivity index (χ1v) is 13.0. The van der Waals surface area contributed by atoms with Crippen LogP contribution in [0.1, 0.15) is 50.4 Å². The maximum atomic E-state index is 13.3. The average Bonchev–Trinajstić information content (AvgIpc) is 3.13. The van der Waals surface area contributed by atoms with Crippen molar-refractivity contribution < 1.29 is 45.3 Å². The summed E-state index contributed by atoms with van der Waals surface area (Å²) < 4.78 is 5.85. The highest BCUT2D eigenvalue weighted by Gasteiger charge is 2.73. The molecule has 37 heavy (non-hydrogen) atoms. The van der Waals surface area contributed by atoms with Crippen LogP contribution in [0.4, 0.5) is 0 Å². The number of benzene rings is 1. The Hall–Kier alpha value is -1.85. The summed E-state index contributed by atoms with van der Waals surface area (Å²) in [4.78, 5) is 13.3. The van der Waals surface area contributed by atoms with Crippen molar-refractivity contribution in [3.63, 3.8) is 0 Å². The Morgan fingerprint density at radius 3 is 2.27 bits per heavy atom. The largest absolute Gasteiger partial charge is 0.455 e. The van der Waals surface area contributed by atoms with Crippen LogP contribution < -0.4 is 0 Å². The molecule has 3 fully saturated rings. The summed E-state index contributed by atoms with van der Waals surface area (Å²) in [6.07, 6.45) is -6.59. The molecular formula is C28H40O9. The normalized spacial score (nSPS) is 47.5. The second-order valence-electron chi connectivity index (χ2n) is 11.7. The van der Waals surface area contributed by atoms with Crippen LogP contribution in [0.3, 0.4) is 0 Å². The predicted octanol–water partition coefficient (Wildman–Crippen LogP) is 0.388. The molecule has 0 amide bonds. The lowest BCUT2D eigenvalue weighted by molar-refractivity contribution is -0.263. The van der Waals surface area contributed by atoms with Gasteiger partial charge in [-0.25, -0.2) is 4.79 Å². The van der Waals surface area contributed by atoms with Gasteiger partial charge in [-0.05, 0) is 55.2 Å². The van der Waals surface area contributed by atoms with Crippen molar-refractivity contribution in [3.8, 4) is 0 Å². The number of hydrogen-bond donors (Lipinski definition) is 7. The van der Waals surface area contributed by atoms with Gasteiger partial charge < -0.3 is 40.5 Å². The fraction of sp³-hybridized carbons (Fsp3) is 0.679. The maximum absolute atomic E-state index is 13.3. The zero-order valence-corrected chi connectivity index (χ0v) is 21.6. The lowest BCUT2D eigenvalue weighted by atomic mass is 9.54. The molecule has 4 rings (SSSR count). The van der Waals surface area contributed by atoms with E-state index in [0.717, 1.165) is 0 Å². The third-order valence-electron chi connectivity index (χ3n) is 9.62. The average molecular weight is 521 g/mol. The van der Waals surface area contributed by atoms with Gasteiger partial charge in [0.15, 0.2) is 0 Å². The molecule has 9 nitrogen and oxygen atoms in total. The van der Waals surface area contributed by atoms with E-state index < -0.39 is 83.9 Å². The van der Waals surface area contributed by atoms with Gasteiger partial charge >= 0.3 is 5.97 Å². The van der Waals surface area contributed by atoms with Gasteiger partial charge in [-0.1, -0.05) is 38.6 Å². The second-order valence-corrected chi connectivity index (χ2v) is 11.7. The SMILES string of the molecule is C=C(C)[C@]1(O)CC(C)C2(O)[C@@H]([C@H]1O)[C@H](OC(=O)c1ccccc1)[C@@](O)(CCO)C(O)C1C(O)C(C)C[C@H]12. The lowest BCUT2D eigenvalue weighted by Crippen LogP contribution is -2.71. The summed E-state index contributed by atoms with van der Waals surface area (Å²) >= 11 is 0. The molecule has 0 bridgehead atoms. The zero-order chi connectivity index (χ0) is 27.5. The van der Waals surface area contributed by atoms with E-state index in [1.165, 1.54) is 12.1 Å². The highest BCUT2D eigenvalue weighted by molar-refractivity contribution is 5.89. The van der Waals surface area contributed by atoms with Gasteiger partial charge in [0.05, 0.1) is 35.4 Å². The third kappa shape index (κ3) is 4.07. The summed E-state index contributed by atoms with van der Waals surface area (Å²) in [5, 5.41) is 80.5. The van der Waals surface area contributed by atoms with Gasteiger partial charge in [-0.3, -0.25) is 0 Å². The Labute approximate surface area is 217 Å². The second kappa shape index (κ2) is 9.72. The molecule has 9 heteroatoms. The minimum atomic E-state index is -2.36. The van der Waals surface area contributed by atoms with Crippen molar-refractivity contribution in [1.82, 2.24) is 0 Å². The van der Waals surface area contributed by atoms with E-state index >= 15 is 0 Å². The van der Waals surface area contributed by atoms with Gasteiger partial charge in [0.2, 0.25) is 0 Å². The quantitative estimate of drug-likeness (QED) is 0.215. The van der Waals surface area contributed by atoms with Crippen LogP contribution in [-0.4, -0.2) is 89.5 Å². The number of aliphatic hydroxyl groups is 7. The zero-order valence-electron chi connectivity index (χ0n) is 21.6. The van der Waals surface area contributed by atoms with Crippen molar-refractivity contribution >= 4 is 5.97 Å². The van der Waals surface area contributed by atoms with Crippen molar-refractivity contribution in [2.45, 2.75) is 81.3 Å². The fourth-order valence-corrected chi connectivity index (χ4v) is 7.51. The molecule has 1 aromatic rings. The van der Waals surface area contributed by atoms with Gasteiger partial charge in [0.1, 0.15) is 17.3 Å². The van der Waals surface area contributed by atoms with Crippen molar-refractivity contribution in [2.24, 2.45) is 29.6 Å². The van der Waals surface area contributed by atoms with E-state index in [0.29, 0.717) is 0 Å². The van der Waals surface area contributed by atoms with E-state index in [9.17, 15) is 40.5 Å². The Kier molecular flexibility index (Phi) is 7.40. The summed E-state index contributed by atoms with van der Waals surface area (Å²) in [6, 6.07) is 7.94. The molecule has 3 aliphatic rings. The highest BCUT2D eigenvalue weighted by Crippen LogP contribution is 2.61. The molecule has 3 aliphatic carbocycles. The van der Waals surface area contributed by atoms with Gasteiger partial charge in [0.25, 0.3) is 0 Å². The van der Waals surface area contributed by atoms with E-state index in [1.807, 2.05) is 0 Å². The van der Waals surface area contributed by atoms with E-state index in [2.05, 4.69) is 6.58 Å². The predicted molar refractivity (Wildman–Crippen MR) is 133 cm³/mol. The number of carbonyl (C=O) groups excluding carboxylic acids is 1.